The zero-order valence-corrected chi connectivity index (χ0v) is 18.3. The molecule has 1 amide bonds. The number of nitrogens with zero attached hydrogens (tertiary/aromatic N) is 5. The molecule has 10 heteroatoms. The summed E-state index contributed by atoms with van der Waals surface area (Å²) in [5.74, 6) is 0.0621. The predicted molar refractivity (Wildman–Crippen MR) is 123 cm³/mol. The standard InChI is InChI=1S/C23H22N6O4/c1-14-20-22(29(27-14)17-9-5-4-6-10-17)25-15(2)28(23(20)32)13-19(31)26-24-12-16-8-7-11-18(30)21(16)33-3/h4-12,30H,13H2,1-3H3,(H,26,31)/b24-12+. The summed E-state index contributed by atoms with van der Waals surface area (Å²) >= 11 is 0. The second kappa shape index (κ2) is 8.95. The molecule has 0 radical (unpaired) electrons. The van der Waals surface area contributed by atoms with Gasteiger partial charge in [-0.15, -0.1) is 0 Å². The molecule has 0 atom stereocenters. The largest absolute Gasteiger partial charge is 0.504 e. The van der Waals surface area contributed by atoms with Crippen LogP contribution in [0.3, 0.4) is 0 Å². The van der Waals surface area contributed by atoms with Gasteiger partial charge in [-0.1, -0.05) is 24.3 Å². The summed E-state index contributed by atoms with van der Waals surface area (Å²) in [6.07, 6.45) is 1.35. The van der Waals surface area contributed by atoms with Crippen molar-refractivity contribution in [2.24, 2.45) is 5.10 Å². The van der Waals surface area contributed by atoms with E-state index in [-0.39, 0.29) is 23.6 Å². The Hall–Kier alpha value is -4.47. The van der Waals surface area contributed by atoms with Gasteiger partial charge in [-0.2, -0.15) is 10.2 Å². The van der Waals surface area contributed by atoms with Gasteiger partial charge < -0.3 is 9.84 Å². The van der Waals surface area contributed by atoms with Crippen LogP contribution in [0.5, 0.6) is 11.5 Å². The number of hydrazone groups is 1. The molecule has 0 spiro atoms. The number of para-hydroxylation sites is 2. The van der Waals surface area contributed by atoms with Crippen LogP contribution in [0.4, 0.5) is 0 Å². The Morgan fingerprint density at radius 3 is 2.67 bits per heavy atom. The van der Waals surface area contributed by atoms with Gasteiger partial charge in [0.1, 0.15) is 17.8 Å². The number of phenolic OH excluding ortho intramolecular Hbond substituents is 1. The molecule has 2 N–H and O–H groups in total. The molecule has 0 unspecified atom stereocenters. The first kappa shape index (κ1) is 21.8. The van der Waals surface area contributed by atoms with Gasteiger partial charge in [0.25, 0.3) is 11.5 Å². The Balaban J connectivity index is 1.59. The van der Waals surface area contributed by atoms with Crippen LogP contribution in [0.2, 0.25) is 0 Å². The normalized spacial score (nSPS) is 11.2. The number of benzene rings is 2. The lowest BCUT2D eigenvalue weighted by Gasteiger charge is -2.09. The van der Waals surface area contributed by atoms with Crippen LogP contribution in [0.25, 0.3) is 16.7 Å². The van der Waals surface area contributed by atoms with Gasteiger partial charge in [-0.05, 0) is 38.1 Å². The third-order valence-corrected chi connectivity index (χ3v) is 5.08. The molecular weight excluding hydrogens is 424 g/mol. The molecule has 2 aromatic carbocycles. The minimum Gasteiger partial charge on any atom is -0.504 e. The summed E-state index contributed by atoms with van der Waals surface area (Å²) in [6.45, 7) is 3.13. The van der Waals surface area contributed by atoms with E-state index in [1.54, 1.807) is 30.7 Å². The number of hydrogen-bond acceptors (Lipinski definition) is 7. The Morgan fingerprint density at radius 1 is 1.18 bits per heavy atom. The predicted octanol–water partition coefficient (Wildman–Crippen LogP) is 2.06. The van der Waals surface area contributed by atoms with Crippen molar-refractivity contribution in [2.75, 3.05) is 7.11 Å². The third-order valence-electron chi connectivity index (χ3n) is 5.08. The molecule has 0 bridgehead atoms. The molecule has 0 saturated carbocycles. The Labute approximate surface area is 188 Å². The number of aryl methyl sites for hydroxylation is 2. The van der Waals surface area contributed by atoms with E-state index in [1.165, 1.54) is 24.0 Å². The van der Waals surface area contributed by atoms with E-state index in [0.717, 1.165) is 5.69 Å². The molecule has 10 nitrogen and oxygen atoms in total. The fraction of sp³-hybridized carbons (Fsp3) is 0.174. The van der Waals surface area contributed by atoms with Crippen molar-refractivity contribution in [1.29, 1.82) is 0 Å². The van der Waals surface area contributed by atoms with Crippen molar-refractivity contribution in [3.05, 3.63) is 76.0 Å². The van der Waals surface area contributed by atoms with Crippen LogP contribution in [0, 0.1) is 13.8 Å². The topological polar surface area (TPSA) is 124 Å². The van der Waals surface area contributed by atoms with Crippen LogP contribution in [0.15, 0.2) is 58.4 Å². The van der Waals surface area contributed by atoms with Gasteiger partial charge in [0.05, 0.1) is 24.7 Å². The first-order chi connectivity index (χ1) is 15.9. The lowest BCUT2D eigenvalue weighted by atomic mass is 10.2. The third kappa shape index (κ3) is 4.18. The van der Waals surface area contributed by atoms with Crippen LogP contribution < -0.4 is 15.7 Å². The SMILES string of the molecule is COc1c(O)cccc1/C=N/NC(=O)Cn1c(C)nc2c(c(C)nn2-c2ccccc2)c1=O. The maximum Gasteiger partial charge on any atom is 0.265 e. The highest BCUT2D eigenvalue weighted by atomic mass is 16.5. The highest BCUT2D eigenvalue weighted by molar-refractivity contribution is 5.86. The molecule has 2 heterocycles. The zero-order valence-electron chi connectivity index (χ0n) is 18.3. The van der Waals surface area contributed by atoms with Crippen molar-refractivity contribution >= 4 is 23.2 Å². The molecule has 0 fully saturated rings. The minimum absolute atomic E-state index is 0.0410. The monoisotopic (exact) mass is 446 g/mol. The van der Waals surface area contributed by atoms with Crippen molar-refractivity contribution in [3.63, 3.8) is 0 Å². The Kier molecular flexibility index (Phi) is 5.90. The number of methoxy groups -OCH3 is 1. The maximum atomic E-state index is 13.2. The smallest absolute Gasteiger partial charge is 0.265 e. The van der Waals surface area contributed by atoms with Gasteiger partial charge in [-0.25, -0.2) is 15.1 Å². The van der Waals surface area contributed by atoms with E-state index in [2.05, 4.69) is 20.6 Å². The number of amides is 1. The number of carbonyl (C=O) groups excluding carboxylic acids is 1. The van der Waals surface area contributed by atoms with Gasteiger partial charge in [0, 0.05) is 5.56 Å². The van der Waals surface area contributed by atoms with Crippen LogP contribution in [-0.4, -0.2) is 43.7 Å². The van der Waals surface area contributed by atoms with Gasteiger partial charge >= 0.3 is 0 Å². The fourth-order valence-corrected chi connectivity index (χ4v) is 3.52. The first-order valence-corrected chi connectivity index (χ1v) is 10.1. The Bertz CT molecular complexity index is 1420. The molecule has 168 valence electrons. The summed E-state index contributed by atoms with van der Waals surface area (Å²) in [5.41, 5.74) is 4.26. The molecular formula is C23H22N6O4. The van der Waals surface area contributed by atoms with Gasteiger partial charge in [0.15, 0.2) is 17.1 Å². The second-order valence-corrected chi connectivity index (χ2v) is 7.27. The molecule has 4 aromatic rings. The van der Waals surface area contributed by atoms with Gasteiger partial charge in [-0.3, -0.25) is 14.2 Å². The summed E-state index contributed by atoms with van der Waals surface area (Å²) in [4.78, 5) is 30.2. The number of aromatic nitrogens is 4. The van der Waals surface area contributed by atoms with E-state index in [9.17, 15) is 14.7 Å². The van der Waals surface area contributed by atoms with Crippen molar-refractivity contribution in [3.8, 4) is 17.2 Å². The molecule has 0 aliphatic carbocycles. The zero-order chi connectivity index (χ0) is 23.5. The van der Waals surface area contributed by atoms with Crippen LogP contribution >= 0.6 is 0 Å². The van der Waals surface area contributed by atoms with Crippen molar-refractivity contribution in [2.45, 2.75) is 20.4 Å². The molecule has 0 saturated heterocycles. The average molecular weight is 446 g/mol. The quantitative estimate of drug-likeness (QED) is 0.345. The number of hydrogen-bond donors (Lipinski definition) is 2. The van der Waals surface area contributed by atoms with E-state index in [1.807, 2.05) is 30.3 Å². The number of aromatic hydroxyl groups is 1. The second-order valence-electron chi connectivity index (χ2n) is 7.27. The molecule has 33 heavy (non-hydrogen) atoms. The lowest BCUT2D eigenvalue weighted by Crippen LogP contribution is -2.32. The van der Waals surface area contributed by atoms with E-state index in [0.29, 0.717) is 28.1 Å². The average Bonchev–Trinajstić information content (AvgIpc) is 3.13. The number of phenols is 1. The number of ether oxygens (including phenoxy) is 1. The summed E-state index contributed by atoms with van der Waals surface area (Å²) in [6, 6.07) is 14.2. The summed E-state index contributed by atoms with van der Waals surface area (Å²) in [7, 11) is 1.42. The molecule has 4 rings (SSSR count). The fourth-order valence-electron chi connectivity index (χ4n) is 3.52. The lowest BCUT2D eigenvalue weighted by molar-refractivity contribution is -0.121. The van der Waals surface area contributed by atoms with Gasteiger partial charge in [0.2, 0.25) is 0 Å². The summed E-state index contributed by atoms with van der Waals surface area (Å²) in [5, 5.41) is 18.5. The first-order valence-electron chi connectivity index (χ1n) is 10.1. The molecule has 0 aliphatic heterocycles. The summed E-state index contributed by atoms with van der Waals surface area (Å²) < 4.78 is 8.04. The van der Waals surface area contributed by atoms with Crippen LogP contribution in [-0.2, 0) is 11.3 Å². The number of fused-ring (bicyclic) bond motifs is 1. The van der Waals surface area contributed by atoms with E-state index < -0.39 is 5.91 Å². The molecule has 2 aromatic heterocycles. The van der Waals surface area contributed by atoms with Crippen molar-refractivity contribution < 1.29 is 14.6 Å². The van der Waals surface area contributed by atoms with Crippen LogP contribution in [0.1, 0.15) is 17.1 Å². The Morgan fingerprint density at radius 2 is 1.94 bits per heavy atom. The highest BCUT2D eigenvalue weighted by Gasteiger charge is 2.18. The molecule has 0 aliphatic rings. The number of nitrogens with one attached hydrogen (secondary N) is 1. The maximum absolute atomic E-state index is 13.2. The van der Waals surface area contributed by atoms with E-state index >= 15 is 0 Å². The van der Waals surface area contributed by atoms with E-state index in [4.69, 9.17) is 4.74 Å². The number of carbonyl (C=O) groups is 1. The van der Waals surface area contributed by atoms with Crippen molar-refractivity contribution in [1.82, 2.24) is 24.8 Å². The number of rotatable bonds is 6. The minimum atomic E-state index is -0.509. The highest BCUT2D eigenvalue weighted by Crippen LogP contribution is 2.28.